The van der Waals surface area contributed by atoms with Gasteiger partial charge in [-0.1, -0.05) is 19.0 Å². The number of ether oxygens (including phenoxy) is 2. The van der Waals surface area contributed by atoms with Gasteiger partial charge in [-0.05, 0) is 30.8 Å². The second kappa shape index (κ2) is 19.6. The molecule has 1 saturated heterocycles. The molecule has 0 spiro atoms. The van der Waals surface area contributed by atoms with E-state index < -0.39 is 11.9 Å². The Morgan fingerprint density at radius 2 is 1.63 bits per heavy atom. The summed E-state index contributed by atoms with van der Waals surface area (Å²) in [6.07, 6.45) is 3.84. The molecule has 1 heterocycles. The zero-order valence-electron chi connectivity index (χ0n) is 25.5. The summed E-state index contributed by atoms with van der Waals surface area (Å²) in [7, 11) is 0.810. The standard InChI is InChI=1S/C18H30BN5O2.C10H19N3O2/c1-18(2,9-6-10-23-24-20)13-21-12-17(25)16(22-14-19-26)11-15-7-4-3-5-8-15;1-9(2,5-4-6-12-13-11)10(3)14-7-8-15-10/h3-5,7-8,16-17,21-22,25H,6,9-14H2,1-2H3;4-8H2,1-3H3/t16-,17?;/m0./s1. The summed E-state index contributed by atoms with van der Waals surface area (Å²) in [5.41, 5.74) is 17.6. The fourth-order valence-corrected chi connectivity index (χ4v) is 4.64. The topological polar surface area (TPSA) is 177 Å². The number of aliphatic hydroxyl groups excluding tert-OH is 1. The zero-order chi connectivity index (χ0) is 30.6. The van der Waals surface area contributed by atoms with Crippen LogP contribution in [0.3, 0.4) is 0 Å². The molecular formula is C28H49BN8O4. The molecule has 1 aliphatic rings. The van der Waals surface area contributed by atoms with Crippen molar-refractivity contribution in [2.24, 2.45) is 21.1 Å². The zero-order valence-corrected chi connectivity index (χ0v) is 25.5. The molecule has 0 bridgehead atoms. The Bertz CT molecular complexity index is 963. The van der Waals surface area contributed by atoms with Gasteiger partial charge in [-0.25, -0.2) is 0 Å². The summed E-state index contributed by atoms with van der Waals surface area (Å²) in [5.74, 6) is -0.497. The second-order valence-electron chi connectivity index (χ2n) is 11.9. The molecule has 1 unspecified atom stereocenters. The van der Waals surface area contributed by atoms with E-state index in [2.05, 4.69) is 58.4 Å². The first-order valence-electron chi connectivity index (χ1n) is 14.4. The van der Waals surface area contributed by atoms with Crippen LogP contribution in [0.1, 0.15) is 65.9 Å². The molecular weight excluding hydrogens is 523 g/mol. The van der Waals surface area contributed by atoms with E-state index in [0.29, 0.717) is 39.3 Å². The summed E-state index contributed by atoms with van der Waals surface area (Å²) in [4.78, 5) is 5.50. The van der Waals surface area contributed by atoms with Crippen LogP contribution in [-0.2, 0) is 20.6 Å². The third-order valence-corrected chi connectivity index (χ3v) is 7.55. The maximum absolute atomic E-state index is 10.7. The van der Waals surface area contributed by atoms with Gasteiger partial charge in [-0.3, -0.25) is 0 Å². The van der Waals surface area contributed by atoms with Crippen LogP contribution in [0.2, 0.25) is 0 Å². The molecule has 0 aromatic heterocycles. The third-order valence-electron chi connectivity index (χ3n) is 7.55. The number of nitrogens with zero attached hydrogens (tertiary/aromatic N) is 6. The van der Waals surface area contributed by atoms with Crippen molar-refractivity contribution in [3.63, 3.8) is 0 Å². The van der Waals surface area contributed by atoms with Crippen LogP contribution < -0.4 is 10.6 Å². The van der Waals surface area contributed by atoms with Gasteiger partial charge in [0.05, 0.1) is 13.2 Å². The Balaban J connectivity index is 0.000000474. The van der Waals surface area contributed by atoms with Crippen LogP contribution in [-0.4, -0.2) is 76.0 Å². The van der Waals surface area contributed by atoms with Crippen molar-refractivity contribution in [2.45, 2.75) is 84.7 Å². The van der Waals surface area contributed by atoms with Gasteiger partial charge in [-0.15, -0.1) is 0 Å². The van der Waals surface area contributed by atoms with Crippen molar-refractivity contribution in [1.29, 1.82) is 0 Å². The number of hydrogen-bond acceptors (Lipinski definition) is 8. The molecule has 0 saturated carbocycles. The molecule has 1 aromatic carbocycles. The molecule has 41 heavy (non-hydrogen) atoms. The Kier molecular flexibility index (Phi) is 17.5. The molecule has 1 aliphatic heterocycles. The van der Waals surface area contributed by atoms with Gasteiger partial charge in [0.2, 0.25) is 0 Å². The van der Waals surface area contributed by atoms with Crippen LogP contribution in [0.5, 0.6) is 0 Å². The molecule has 13 heteroatoms. The van der Waals surface area contributed by atoms with Gasteiger partial charge in [0.1, 0.15) is 0 Å². The van der Waals surface area contributed by atoms with Crippen LogP contribution in [0, 0.1) is 10.8 Å². The van der Waals surface area contributed by atoms with Crippen LogP contribution in [0.15, 0.2) is 40.6 Å². The number of rotatable bonds is 19. The quantitative estimate of drug-likeness (QED) is 0.0680. The Hall–Kier alpha value is -2.50. The number of azide groups is 2. The first-order chi connectivity index (χ1) is 19.5. The van der Waals surface area contributed by atoms with E-state index in [4.69, 9.17) is 20.5 Å². The average molecular weight is 573 g/mol. The first kappa shape index (κ1) is 36.5. The van der Waals surface area contributed by atoms with E-state index in [1.54, 1.807) is 0 Å². The summed E-state index contributed by atoms with van der Waals surface area (Å²) < 4.78 is 22.0. The summed E-state index contributed by atoms with van der Waals surface area (Å²) >= 11 is 0. The molecule has 0 aliphatic carbocycles. The number of nitrogens with one attached hydrogen (secondary N) is 2. The van der Waals surface area contributed by atoms with E-state index in [9.17, 15) is 9.81 Å². The molecule has 1 fully saturated rings. The van der Waals surface area contributed by atoms with Gasteiger partial charge >= 0.3 is 145 Å². The minimum absolute atomic E-state index is 0.0514. The number of benzene rings is 1. The first-order valence-corrected chi connectivity index (χ1v) is 14.4. The van der Waals surface area contributed by atoms with Gasteiger partial charge in [0.15, 0.2) is 5.79 Å². The molecule has 3 N–H and O–H groups in total. The SMILES string of the molecule is CC(C)(CCCN=[N+]=[N-])C1(C)OCCO1.CC(C)(CCCN=[N+]=[N-])CNCC(O)[C@H](Cc1ccccc1)NCB=O. The van der Waals surface area contributed by atoms with Crippen LogP contribution in [0.25, 0.3) is 20.9 Å². The molecule has 2 rings (SSSR count). The number of aliphatic hydroxyl groups is 1. The summed E-state index contributed by atoms with van der Waals surface area (Å²) in [5, 5.41) is 24.1. The maximum atomic E-state index is 10.7. The molecule has 12 nitrogen and oxygen atoms in total. The average Bonchev–Trinajstić information content (AvgIpc) is 3.40. The Morgan fingerprint density at radius 3 is 2.20 bits per heavy atom. The van der Waals surface area contributed by atoms with Crippen molar-refractivity contribution in [1.82, 2.24) is 10.6 Å². The Labute approximate surface area is 245 Å². The van der Waals surface area contributed by atoms with Crippen molar-refractivity contribution in [3.8, 4) is 0 Å². The number of hydrogen-bond donors (Lipinski definition) is 3. The van der Waals surface area contributed by atoms with Crippen molar-refractivity contribution in [3.05, 3.63) is 56.8 Å². The van der Waals surface area contributed by atoms with E-state index >= 15 is 0 Å². The predicted molar refractivity (Wildman–Crippen MR) is 162 cm³/mol. The molecule has 2 atom stereocenters. The molecule has 1 aromatic rings. The van der Waals surface area contributed by atoms with Gasteiger partial charge in [-0.2, -0.15) is 0 Å². The fourth-order valence-electron chi connectivity index (χ4n) is 4.64. The third kappa shape index (κ3) is 14.8. The van der Waals surface area contributed by atoms with Crippen molar-refractivity contribution < 1.29 is 19.3 Å². The normalized spacial score (nSPS) is 15.9. The molecule has 0 amide bonds. The van der Waals surface area contributed by atoms with Crippen LogP contribution in [0.4, 0.5) is 0 Å². The predicted octanol–water partition coefficient (Wildman–Crippen LogP) is 5.13. The van der Waals surface area contributed by atoms with Crippen molar-refractivity contribution >= 4 is 7.15 Å². The van der Waals surface area contributed by atoms with E-state index in [1.807, 2.05) is 37.3 Å². The van der Waals surface area contributed by atoms with Gasteiger partial charge in [0.25, 0.3) is 0 Å². The van der Waals surface area contributed by atoms with Crippen molar-refractivity contribution in [2.75, 3.05) is 45.8 Å². The van der Waals surface area contributed by atoms with Gasteiger partial charge in [0, 0.05) is 21.8 Å². The minimum atomic E-state index is -0.603. The molecule has 228 valence electrons. The Morgan fingerprint density at radius 1 is 1.05 bits per heavy atom. The second-order valence-corrected chi connectivity index (χ2v) is 11.9. The monoisotopic (exact) mass is 572 g/mol. The van der Waals surface area contributed by atoms with E-state index in [0.717, 1.165) is 44.9 Å². The van der Waals surface area contributed by atoms with E-state index in [1.165, 1.54) is 0 Å². The fraction of sp³-hybridized carbons (Fsp3) is 0.786. The van der Waals surface area contributed by atoms with E-state index in [-0.39, 0.29) is 23.3 Å². The molecule has 0 radical (unpaired) electrons. The summed E-state index contributed by atoms with van der Waals surface area (Å²) in [6.45, 7) is 14.1. The van der Waals surface area contributed by atoms with Gasteiger partial charge < -0.3 is 9.47 Å². The van der Waals surface area contributed by atoms with Crippen LogP contribution >= 0.6 is 0 Å². The summed E-state index contributed by atoms with van der Waals surface area (Å²) in [6, 6.07) is 9.73.